The van der Waals surface area contributed by atoms with Crippen LogP contribution in [0.5, 0.6) is 0 Å². The molecule has 1 aliphatic heterocycles. The van der Waals surface area contributed by atoms with Crippen molar-refractivity contribution in [3.63, 3.8) is 0 Å². The van der Waals surface area contributed by atoms with Gasteiger partial charge in [-0.15, -0.1) is 10.2 Å². The minimum absolute atomic E-state index is 0.0591. The number of carbonyl (C=O) groups excluding carboxylic acids is 1. The monoisotopic (exact) mass is 377 g/mol. The zero-order chi connectivity index (χ0) is 19.7. The maximum Gasteiger partial charge on any atom is 0.241 e. The molecule has 1 aliphatic rings. The number of aromatic nitrogens is 3. The number of benzene rings is 1. The van der Waals surface area contributed by atoms with E-state index < -0.39 is 0 Å². The standard InChI is InChI=1S/C22H27N5O/c1-15-7-6-8-16(2)20(15)23-22(28)17(3)26-13-10-18(11-14-26)21-25-24-19-9-4-5-12-27(19)21/h4-9,12,17-18H,10-11,13-14H2,1-3H3,(H,23,28). The van der Waals surface area contributed by atoms with Crippen LogP contribution in [0.4, 0.5) is 5.69 Å². The second kappa shape index (κ2) is 7.72. The Morgan fingerprint density at radius 3 is 2.50 bits per heavy atom. The van der Waals surface area contributed by atoms with Gasteiger partial charge in [-0.25, -0.2) is 0 Å². The van der Waals surface area contributed by atoms with Crippen LogP contribution >= 0.6 is 0 Å². The molecule has 6 heteroatoms. The minimum atomic E-state index is -0.157. The number of hydrogen-bond donors (Lipinski definition) is 1. The van der Waals surface area contributed by atoms with Gasteiger partial charge in [-0.2, -0.15) is 0 Å². The molecule has 6 nitrogen and oxygen atoms in total. The van der Waals surface area contributed by atoms with E-state index in [2.05, 4.69) is 24.8 Å². The zero-order valence-corrected chi connectivity index (χ0v) is 16.7. The molecule has 146 valence electrons. The van der Waals surface area contributed by atoms with Crippen molar-refractivity contribution in [3.8, 4) is 0 Å². The quantitative estimate of drug-likeness (QED) is 0.755. The van der Waals surface area contributed by atoms with Gasteiger partial charge in [0, 0.05) is 17.8 Å². The third-order valence-corrected chi connectivity index (χ3v) is 5.89. The van der Waals surface area contributed by atoms with E-state index >= 15 is 0 Å². The molecule has 1 N–H and O–H groups in total. The summed E-state index contributed by atoms with van der Waals surface area (Å²) in [4.78, 5) is 15.1. The van der Waals surface area contributed by atoms with Gasteiger partial charge in [0.1, 0.15) is 5.82 Å². The van der Waals surface area contributed by atoms with Gasteiger partial charge >= 0.3 is 0 Å². The van der Waals surface area contributed by atoms with Crippen LogP contribution in [0.2, 0.25) is 0 Å². The Bertz CT molecular complexity index is 967. The predicted octanol–water partition coefficient (Wildman–Crippen LogP) is 3.55. The summed E-state index contributed by atoms with van der Waals surface area (Å²) in [6.45, 7) is 7.82. The van der Waals surface area contributed by atoms with Crippen LogP contribution in [-0.2, 0) is 4.79 Å². The van der Waals surface area contributed by atoms with Crippen LogP contribution in [0, 0.1) is 13.8 Å². The summed E-state index contributed by atoms with van der Waals surface area (Å²) in [5, 5.41) is 11.8. The summed E-state index contributed by atoms with van der Waals surface area (Å²) in [6, 6.07) is 11.9. The summed E-state index contributed by atoms with van der Waals surface area (Å²) >= 11 is 0. The van der Waals surface area contributed by atoms with Gasteiger partial charge < -0.3 is 5.32 Å². The van der Waals surface area contributed by atoms with Crippen LogP contribution in [0.25, 0.3) is 5.65 Å². The van der Waals surface area contributed by atoms with Gasteiger partial charge in [0.15, 0.2) is 5.65 Å². The summed E-state index contributed by atoms with van der Waals surface area (Å²) in [5.74, 6) is 1.47. The fraction of sp³-hybridized carbons (Fsp3) is 0.409. The highest BCUT2D eigenvalue weighted by molar-refractivity contribution is 5.95. The average Bonchev–Trinajstić information content (AvgIpc) is 3.14. The van der Waals surface area contributed by atoms with E-state index in [1.807, 2.05) is 63.4 Å². The Morgan fingerprint density at radius 2 is 1.79 bits per heavy atom. The van der Waals surface area contributed by atoms with Crippen molar-refractivity contribution in [2.24, 2.45) is 0 Å². The summed E-state index contributed by atoms with van der Waals surface area (Å²) in [6.07, 6.45) is 3.99. The number of aryl methyl sites for hydroxylation is 2. The topological polar surface area (TPSA) is 62.5 Å². The number of amides is 1. The second-order valence-electron chi connectivity index (χ2n) is 7.73. The summed E-state index contributed by atoms with van der Waals surface area (Å²) < 4.78 is 2.08. The number of carbonyl (C=O) groups is 1. The Morgan fingerprint density at radius 1 is 1.07 bits per heavy atom. The van der Waals surface area contributed by atoms with Crippen molar-refractivity contribution in [3.05, 3.63) is 59.5 Å². The molecule has 0 aliphatic carbocycles. The summed E-state index contributed by atoms with van der Waals surface area (Å²) in [7, 11) is 0. The lowest BCUT2D eigenvalue weighted by Gasteiger charge is -2.34. The van der Waals surface area contributed by atoms with Crippen molar-refractivity contribution in [2.45, 2.75) is 45.6 Å². The molecule has 28 heavy (non-hydrogen) atoms. The molecule has 0 saturated carbocycles. The number of likely N-dealkylation sites (tertiary alicyclic amines) is 1. The molecule has 1 atom stereocenters. The molecule has 1 aromatic carbocycles. The number of nitrogens with one attached hydrogen (secondary N) is 1. The molecule has 1 fully saturated rings. The number of pyridine rings is 1. The molecule has 2 aromatic heterocycles. The number of fused-ring (bicyclic) bond motifs is 1. The molecule has 3 aromatic rings. The molecule has 0 bridgehead atoms. The normalized spacial score (nSPS) is 17.0. The molecule has 0 spiro atoms. The first kappa shape index (κ1) is 18.6. The van der Waals surface area contributed by atoms with Gasteiger partial charge in [0.25, 0.3) is 0 Å². The maximum absolute atomic E-state index is 12.8. The van der Waals surface area contributed by atoms with E-state index in [4.69, 9.17) is 0 Å². The second-order valence-corrected chi connectivity index (χ2v) is 7.73. The first-order valence-electron chi connectivity index (χ1n) is 9.95. The number of hydrogen-bond acceptors (Lipinski definition) is 4. The smallest absolute Gasteiger partial charge is 0.241 e. The highest BCUT2D eigenvalue weighted by Gasteiger charge is 2.29. The number of anilines is 1. The van der Waals surface area contributed by atoms with Gasteiger partial charge in [-0.05, 0) is 70.0 Å². The maximum atomic E-state index is 12.8. The minimum Gasteiger partial charge on any atom is -0.324 e. The van der Waals surface area contributed by atoms with Crippen molar-refractivity contribution in [2.75, 3.05) is 18.4 Å². The Balaban J connectivity index is 1.40. The molecule has 3 heterocycles. The van der Waals surface area contributed by atoms with Crippen molar-refractivity contribution in [1.29, 1.82) is 0 Å². The summed E-state index contributed by atoms with van der Waals surface area (Å²) in [5.41, 5.74) is 4.02. The van der Waals surface area contributed by atoms with E-state index in [1.54, 1.807) is 0 Å². The first-order valence-corrected chi connectivity index (χ1v) is 9.95. The van der Waals surface area contributed by atoms with Crippen LogP contribution in [0.3, 0.4) is 0 Å². The zero-order valence-electron chi connectivity index (χ0n) is 16.7. The van der Waals surface area contributed by atoms with Gasteiger partial charge in [0.2, 0.25) is 5.91 Å². The van der Waals surface area contributed by atoms with E-state index in [0.717, 1.165) is 54.2 Å². The van der Waals surface area contributed by atoms with E-state index in [-0.39, 0.29) is 11.9 Å². The molecule has 4 rings (SSSR count). The Labute approximate surface area is 165 Å². The van der Waals surface area contributed by atoms with E-state index in [9.17, 15) is 4.79 Å². The predicted molar refractivity (Wildman–Crippen MR) is 111 cm³/mol. The SMILES string of the molecule is Cc1cccc(C)c1NC(=O)C(C)N1CCC(c2nnc3ccccn23)CC1. The lowest BCUT2D eigenvalue weighted by atomic mass is 9.95. The Hall–Kier alpha value is -2.73. The average molecular weight is 377 g/mol. The number of rotatable bonds is 4. The molecular formula is C22H27N5O. The molecule has 0 radical (unpaired) electrons. The first-order chi connectivity index (χ1) is 13.5. The van der Waals surface area contributed by atoms with Crippen molar-refractivity contribution in [1.82, 2.24) is 19.5 Å². The highest BCUT2D eigenvalue weighted by atomic mass is 16.2. The Kier molecular flexibility index (Phi) is 5.13. The van der Waals surface area contributed by atoms with Crippen LogP contribution < -0.4 is 5.32 Å². The van der Waals surface area contributed by atoms with Gasteiger partial charge in [0.05, 0.1) is 6.04 Å². The number of para-hydroxylation sites is 1. The molecule has 1 saturated heterocycles. The van der Waals surface area contributed by atoms with Gasteiger partial charge in [-0.1, -0.05) is 24.3 Å². The highest BCUT2D eigenvalue weighted by Crippen LogP contribution is 2.28. The molecule has 1 unspecified atom stereocenters. The third-order valence-electron chi connectivity index (χ3n) is 5.89. The van der Waals surface area contributed by atoms with Crippen molar-refractivity contribution < 1.29 is 4.79 Å². The lowest BCUT2D eigenvalue weighted by Crippen LogP contribution is -2.46. The fourth-order valence-corrected chi connectivity index (χ4v) is 4.09. The fourth-order valence-electron chi connectivity index (χ4n) is 4.09. The lowest BCUT2D eigenvalue weighted by molar-refractivity contribution is -0.121. The number of piperidine rings is 1. The van der Waals surface area contributed by atoms with E-state index in [1.165, 1.54) is 0 Å². The van der Waals surface area contributed by atoms with Crippen LogP contribution in [0.1, 0.15) is 42.6 Å². The van der Waals surface area contributed by atoms with Crippen LogP contribution in [-0.4, -0.2) is 44.5 Å². The third kappa shape index (κ3) is 3.52. The molecular weight excluding hydrogens is 350 g/mol. The van der Waals surface area contributed by atoms with Crippen molar-refractivity contribution >= 4 is 17.2 Å². The molecule has 1 amide bonds. The van der Waals surface area contributed by atoms with Gasteiger partial charge in [-0.3, -0.25) is 14.1 Å². The number of nitrogens with zero attached hydrogens (tertiary/aromatic N) is 4. The largest absolute Gasteiger partial charge is 0.324 e. The van der Waals surface area contributed by atoms with E-state index in [0.29, 0.717) is 5.92 Å². The van der Waals surface area contributed by atoms with Crippen LogP contribution in [0.15, 0.2) is 42.6 Å².